The number of ether oxygens (including phenoxy) is 2. The van der Waals surface area contributed by atoms with E-state index in [1.807, 2.05) is 29.0 Å². The van der Waals surface area contributed by atoms with Crippen molar-refractivity contribution >= 4 is 83.5 Å². The third kappa shape index (κ3) is 9.51. The molecule has 5 aromatic carbocycles. The van der Waals surface area contributed by atoms with Gasteiger partial charge in [0.05, 0.1) is 28.9 Å². The zero-order valence-corrected chi connectivity index (χ0v) is 34.6. The van der Waals surface area contributed by atoms with E-state index in [9.17, 15) is 32.9 Å². The molecule has 0 fully saturated rings. The molecular weight excluding hydrogens is 875 g/mol. The molecule has 58 heavy (non-hydrogen) atoms. The fourth-order valence-electron chi connectivity index (χ4n) is 6.21. The van der Waals surface area contributed by atoms with Gasteiger partial charge < -0.3 is 14.8 Å². The first-order valence-electron chi connectivity index (χ1n) is 17.4. The zero-order valence-electron chi connectivity index (χ0n) is 30.7. The van der Waals surface area contributed by atoms with E-state index in [-0.39, 0.29) is 30.4 Å². The number of nitro groups is 1. The molecule has 0 unspecified atom stereocenters. The van der Waals surface area contributed by atoms with Gasteiger partial charge in [0.25, 0.3) is 27.5 Å². The summed E-state index contributed by atoms with van der Waals surface area (Å²) in [5.41, 5.74) is 2.54. The molecule has 6 aromatic rings. The topological polar surface area (TPSA) is 176 Å². The van der Waals surface area contributed by atoms with Crippen LogP contribution in [0.25, 0.3) is 10.9 Å². The highest BCUT2D eigenvalue weighted by Gasteiger charge is 2.29. The Hall–Kier alpha value is -5.74. The summed E-state index contributed by atoms with van der Waals surface area (Å²) in [5, 5.41) is 14.8. The minimum Gasteiger partial charge on any atom is -0.497 e. The molecule has 1 heterocycles. The molecule has 0 bridgehead atoms. The van der Waals surface area contributed by atoms with Crippen LogP contribution < -0.4 is 19.5 Å². The predicted molar refractivity (Wildman–Crippen MR) is 222 cm³/mol. The highest BCUT2D eigenvalue weighted by atomic mass is 79.9. The van der Waals surface area contributed by atoms with Crippen LogP contribution in [0.1, 0.15) is 32.7 Å². The maximum atomic E-state index is 14.0. The number of fused-ring (bicyclic) bond motifs is 1. The van der Waals surface area contributed by atoms with Crippen LogP contribution >= 0.6 is 39.1 Å². The number of nitrogens with zero attached hydrogens (tertiary/aromatic N) is 2. The Labute approximate surface area is 351 Å². The summed E-state index contributed by atoms with van der Waals surface area (Å²) in [6.07, 6.45) is -0.486. The Morgan fingerprint density at radius 3 is 2.28 bits per heavy atom. The lowest BCUT2D eigenvalue weighted by atomic mass is 10.0. The van der Waals surface area contributed by atoms with Crippen LogP contribution in [0, 0.1) is 17.0 Å². The third-order valence-corrected chi connectivity index (χ3v) is 11.9. The average molecular weight is 909 g/mol. The van der Waals surface area contributed by atoms with E-state index >= 15 is 0 Å². The Morgan fingerprint density at radius 1 is 0.914 bits per heavy atom. The maximum Gasteiger partial charge on any atom is 0.289 e. The quantitative estimate of drug-likeness (QED) is 0.0811. The lowest BCUT2D eigenvalue weighted by Gasteiger charge is -2.19. The van der Waals surface area contributed by atoms with Gasteiger partial charge in [-0.2, -0.15) is 0 Å². The van der Waals surface area contributed by atoms with E-state index in [2.05, 4.69) is 21.2 Å². The predicted octanol–water partition coefficient (Wildman–Crippen LogP) is 7.98. The first kappa shape index (κ1) is 41.9. The fraction of sp³-hybridized carbons (Fsp3) is 0.146. The average Bonchev–Trinajstić information content (AvgIpc) is 3.46. The summed E-state index contributed by atoms with van der Waals surface area (Å²) in [5.74, 6) is -1.16. The van der Waals surface area contributed by atoms with Gasteiger partial charge in [0, 0.05) is 44.2 Å². The second kappa shape index (κ2) is 17.8. The number of hydrogen-bond donors (Lipinski definition) is 2. The molecule has 0 aliphatic rings. The van der Waals surface area contributed by atoms with E-state index < -0.39 is 43.4 Å². The van der Waals surface area contributed by atoms with E-state index in [0.29, 0.717) is 49.8 Å². The Bertz CT molecular complexity index is 2670. The summed E-state index contributed by atoms with van der Waals surface area (Å²) in [7, 11) is -3.20. The number of benzene rings is 5. The normalized spacial score (nSPS) is 11.8. The molecule has 1 atom stereocenters. The number of aromatic nitrogens is 1. The highest BCUT2D eigenvalue weighted by molar-refractivity contribution is 9.10. The Kier molecular flexibility index (Phi) is 12.9. The monoisotopic (exact) mass is 906 g/mol. The molecule has 2 amide bonds. The Morgan fingerprint density at radius 2 is 1.60 bits per heavy atom. The number of rotatable bonds is 14. The van der Waals surface area contributed by atoms with Crippen LogP contribution in [0.15, 0.2) is 119 Å². The fourth-order valence-corrected chi connectivity index (χ4v) is 7.96. The van der Waals surface area contributed by atoms with Crippen molar-refractivity contribution < 1.29 is 37.2 Å². The van der Waals surface area contributed by atoms with Crippen molar-refractivity contribution in [2.45, 2.75) is 37.3 Å². The summed E-state index contributed by atoms with van der Waals surface area (Å²) in [4.78, 5) is 51.6. The van der Waals surface area contributed by atoms with E-state index in [4.69, 9.17) is 32.7 Å². The van der Waals surface area contributed by atoms with Crippen molar-refractivity contribution in [2.24, 2.45) is 0 Å². The van der Waals surface area contributed by atoms with E-state index in [1.165, 1.54) is 11.7 Å². The SMILES string of the molecule is COc1ccc2c(c1)c(CC(=O)N[C@@H](Cc1ccc(OCc3ccccc3Br)cc1)C(=O)NS(=O)(=O)c1ccc(Cl)c([N+](=O)[O-])c1)c(C)n2C(=O)c1ccc(Cl)cc1. The molecule has 6 rings (SSSR count). The number of carbonyl (C=O) groups is 3. The largest absolute Gasteiger partial charge is 0.497 e. The molecule has 1 aromatic heterocycles. The van der Waals surface area contributed by atoms with Crippen LogP contribution in [-0.4, -0.2) is 48.8 Å². The summed E-state index contributed by atoms with van der Waals surface area (Å²) in [6.45, 7) is 1.96. The number of amides is 2. The maximum absolute atomic E-state index is 14.0. The number of halogens is 3. The smallest absolute Gasteiger partial charge is 0.289 e. The molecule has 0 saturated heterocycles. The molecule has 13 nitrogen and oxygen atoms in total. The van der Waals surface area contributed by atoms with Gasteiger partial charge in [-0.1, -0.05) is 69.5 Å². The van der Waals surface area contributed by atoms with Crippen molar-refractivity contribution in [3.8, 4) is 11.5 Å². The second-order valence-corrected chi connectivity index (χ2v) is 16.3. The van der Waals surface area contributed by atoms with Gasteiger partial charge in [0.15, 0.2) is 0 Å². The number of carbonyl (C=O) groups excluding carboxylic acids is 3. The van der Waals surface area contributed by atoms with Crippen molar-refractivity contribution in [3.63, 3.8) is 0 Å². The number of hydrogen-bond acceptors (Lipinski definition) is 9. The van der Waals surface area contributed by atoms with Gasteiger partial charge in [-0.15, -0.1) is 0 Å². The van der Waals surface area contributed by atoms with E-state index in [0.717, 1.165) is 28.2 Å². The van der Waals surface area contributed by atoms with Crippen LogP contribution in [0.3, 0.4) is 0 Å². The van der Waals surface area contributed by atoms with Crippen molar-refractivity contribution in [3.05, 3.63) is 162 Å². The Balaban J connectivity index is 1.29. The second-order valence-electron chi connectivity index (χ2n) is 13.0. The summed E-state index contributed by atoms with van der Waals surface area (Å²) < 4.78 is 42.4. The first-order valence-corrected chi connectivity index (χ1v) is 20.4. The van der Waals surface area contributed by atoms with Crippen molar-refractivity contribution in [1.82, 2.24) is 14.6 Å². The third-order valence-electron chi connectivity index (χ3n) is 9.20. The van der Waals surface area contributed by atoms with Gasteiger partial charge >= 0.3 is 0 Å². The van der Waals surface area contributed by atoms with Crippen LogP contribution in [0.4, 0.5) is 5.69 Å². The van der Waals surface area contributed by atoms with Crippen molar-refractivity contribution in [1.29, 1.82) is 0 Å². The number of nitro benzene ring substituents is 1. The first-order chi connectivity index (χ1) is 27.6. The minimum atomic E-state index is -4.69. The molecule has 17 heteroatoms. The molecule has 0 saturated carbocycles. The van der Waals surface area contributed by atoms with Crippen LogP contribution in [0.5, 0.6) is 11.5 Å². The number of sulfonamides is 1. The molecule has 0 aliphatic heterocycles. The van der Waals surface area contributed by atoms with Gasteiger partial charge in [0.2, 0.25) is 5.91 Å². The molecule has 298 valence electrons. The summed E-state index contributed by atoms with van der Waals surface area (Å²) >= 11 is 15.4. The van der Waals surface area contributed by atoms with Crippen LogP contribution in [-0.2, 0) is 39.1 Å². The number of nitrogens with one attached hydrogen (secondary N) is 2. The minimum absolute atomic E-state index is 0.165. The van der Waals surface area contributed by atoms with E-state index in [1.54, 1.807) is 73.7 Å². The molecule has 0 aliphatic carbocycles. The lowest BCUT2D eigenvalue weighted by Crippen LogP contribution is -2.50. The summed E-state index contributed by atoms with van der Waals surface area (Å²) in [6, 6.07) is 27.0. The van der Waals surface area contributed by atoms with Crippen LogP contribution in [0.2, 0.25) is 10.0 Å². The van der Waals surface area contributed by atoms with Gasteiger partial charge in [0.1, 0.15) is 29.2 Å². The van der Waals surface area contributed by atoms with Gasteiger partial charge in [-0.3, -0.25) is 29.1 Å². The van der Waals surface area contributed by atoms with Crippen molar-refractivity contribution in [2.75, 3.05) is 7.11 Å². The molecule has 0 radical (unpaired) electrons. The van der Waals surface area contributed by atoms with Gasteiger partial charge in [-0.25, -0.2) is 13.1 Å². The lowest BCUT2D eigenvalue weighted by molar-refractivity contribution is -0.384. The zero-order chi connectivity index (χ0) is 41.7. The standard InChI is InChI=1S/C41H33BrCl2N4O9S/c1-24-32(33-20-30(56-2)15-18-37(33)47(24)41(51)26-9-11-28(43)12-10-26)22-39(49)45-36(40(50)46-58(54,55)31-16-17-35(44)38(21-31)48(52)53)19-25-7-13-29(14-8-25)57-23-27-5-3-4-6-34(27)42/h3-18,20-21,36H,19,22-23H2,1-2H3,(H,45,49)(H,46,50)/t36-/m0/s1. The molecule has 2 N–H and O–H groups in total. The molecule has 0 spiro atoms. The van der Waals surface area contributed by atoms with Gasteiger partial charge in [-0.05, 0) is 90.8 Å². The number of methoxy groups -OCH3 is 1. The molecular formula is C41H33BrCl2N4O9S. The highest BCUT2D eigenvalue weighted by Crippen LogP contribution is 2.31.